The Labute approximate surface area is 212 Å². The normalized spacial score (nSPS) is 13.5. The molecule has 2 aromatic rings. The van der Waals surface area contributed by atoms with Gasteiger partial charge in [-0.15, -0.1) is 15.7 Å². The van der Waals surface area contributed by atoms with Crippen molar-refractivity contribution in [3.05, 3.63) is 45.8 Å². The SMILES string of the molecule is CCC(CC)(c1ccc(O[Si](C)(C)C(C)(C)C)c(C)c1)c1cc(C)c(S(=O)(=O)N=CN(C)C)s1. The van der Waals surface area contributed by atoms with Gasteiger partial charge < -0.3 is 9.33 Å². The number of aryl methyl sites for hydroxylation is 2. The molecular weight excluding hydrogens is 481 g/mol. The van der Waals surface area contributed by atoms with Crippen molar-refractivity contribution in [3.8, 4) is 5.75 Å². The van der Waals surface area contributed by atoms with Crippen LogP contribution in [0.4, 0.5) is 0 Å². The molecule has 0 N–H and O–H groups in total. The summed E-state index contributed by atoms with van der Waals surface area (Å²) in [5.41, 5.74) is 2.79. The Balaban J connectivity index is 2.56. The van der Waals surface area contributed by atoms with Crippen LogP contribution in [0, 0.1) is 13.8 Å². The first-order valence-corrected chi connectivity index (χ1v) is 17.0. The van der Waals surface area contributed by atoms with Crippen molar-refractivity contribution in [2.75, 3.05) is 14.1 Å². The van der Waals surface area contributed by atoms with Gasteiger partial charge in [-0.2, -0.15) is 8.42 Å². The number of hydrogen-bond acceptors (Lipinski definition) is 4. The fraction of sp³-hybridized carbons (Fsp3) is 0.577. The van der Waals surface area contributed by atoms with Crippen molar-refractivity contribution >= 4 is 36.0 Å². The van der Waals surface area contributed by atoms with Crippen LogP contribution >= 0.6 is 11.3 Å². The molecule has 0 fully saturated rings. The average Bonchev–Trinajstić information content (AvgIpc) is 3.12. The molecule has 1 heterocycles. The topological polar surface area (TPSA) is 59.0 Å². The molecular formula is C26H42N2O3S2Si. The summed E-state index contributed by atoms with van der Waals surface area (Å²) in [6.07, 6.45) is 3.07. The lowest BCUT2D eigenvalue weighted by Gasteiger charge is -2.37. The van der Waals surface area contributed by atoms with Crippen LogP contribution in [0.1, 0.15) is 69.0 Å². The first-order valence-electron chi connectivity index (χ1n) is 11.9. The predicted octanol–water partition coefficient (Wildman–Crippen LogP) is 7.13. The fourth-order valence-electron chi connectivity index (χ4n) is 3.80. The summed E-state index contributed by atoms with van der Waals surface area (Å²) in [6, 6.07) is 8.52. The molecule has 0 aliphatic carbocycles. The van der Waals surface area contributed by atoms with E-state index in [1.54, 1.807) is 19.0 Å². The Bertz CT molecular complexity index is 1140. The molecule has 8 heteroatoms. The van der Waals surface area contributed by atoms with Crippen LogP contribution in [-0.2, 0) is 15.4 Å². The van der Waals surface area contributed by atoms with E-state index in [0.29, 0.717) is 4.21 Å². The van der Waals surface area contributed by atoms with E-state index in [0.717, 1.165) is 34.6 Å². The Hall–Kier alpha value is -1.64. The zero-order valence-corrected chi connectivity index (χ0v) is 25.4. The Morgan fingerprint density at radius 1 is 1.06 bits per heavy atom. The molecule has 0 saturated carbocycles. The van der Waals surface area contributed by atoms with Crippen molar-refractivity contribution in [1.29, 1.82) is 0 Å². The highest BCUT2D eigenvalue weighted by Crippen LogP contribution is 2.46. The molecule has 1 aromatic heterocycles. The van der Waals surface area contributed by atoms with Gasteiger partial charge in [-0.25, -0.2) is 0 Å². The van der Waals surface area contributed by atoms with Crippen molar-refractivity contribution in [3.63, 3.8) is 0 Å². The van der Waals surface area contributed by atoms with E-state index in [1.807, 2.05) is 13.0 Å². The summed E-state index contributed by atoms with van der Waals surface area (Å²) in [5, 5.41) is 0.125. The first kappa shape index (κ1) is 28.6. The third-order valence-corrected chi connectivity index (χ3v) is 14.7. The van der Waals surface area contributed by atoms with E-state index in [1.165, 1.54) is 23.2 Å². The second-order valence-corrected chi connectivity index (χ2v) is 18.5. The second kappa shape index (κ2) is 10.2. The van der Waals surface area contributed by atoms with Crippen molar-refractivity contribution < 1.29 is 12.8 Å². The number of sulfonamides is 1. The highest BCUT2D eigenvalue weighted by Gasteiger charge is 2.40. The number of hydrogen-bond donors (Lipinski definition) is 0. The molecule has 0 amide bonds. The van der Waals surface area contributed by atoms with E-state index >= 15 is 0 Å². The van der Waals surface area contributed by atoms with Gasteiger partial charge in [0, 0.05) is 24.4 Å². The van der Waals surface area contributed by atoms with Gasteiger partial charge in [0.1, 0.15) is 16.3 Å². The van der Waals surface area contributed by atoms with Crippen LogP contribution in [0.3, 0.4) is 0 Å². The largest absolute Gasteiger partial charge is 0.543 e. The zero-order valence-electron chi connectivity index (χ0n) is 22.7. The number of rotatable bonds is 9. The maximum Gasteiger partial charge on any atom is 0.293 e. The Morgan fingerprint density at radius 3 is 2.12 bits per heavy atom. The molecule has 0 bridgehead atoms. The van der Waals surface area contributed by atoms with Gasteiger partial charge in [-0.3, -0.25) is 0 Å². The van der Waals surface area contributed by atoms with E-state index in [2.05, 4.69) is 77.2 Å². The number of benzene rings is 1. The van der Waals surface area contributed by atoms with Crippen LogP contribution in [0.25, 0.3) is 0 Å². The summed E-state index contributed by atoms with van der Waals surface area (Å²) in [6.45, 7) is 19.6. The minimum Gasteiger partial charge on any atom is -0.543 e. The highest BCUT2D eigenvalue weighted by atomic mass is 32.2. The molecule has 0 saturated heterocycles. The van der Waals surface area contributed by atoms with Crippen LogP contribution in [0.15, 0.2) is 32.9 Å². The predicted molar refractivity (Wildman–Crippen MR) is 149 cm³/mol. The summed E-state index contributed by atoms with van der Waals surface area (Å²) in [7, 11) is -2.17. The number of nitrogens with zero attached hydrogens (tertiary/aromatic N) is 2. The molecule has 1 aromatic carbocycles. The molecule has 0 aliphatic rings. The van der Waals surface area contributed by atoms with Crippen molar-refractivity contribution in [1.82, 2.24) is 4.90 Å². The van der Waals surface area contributed by atoms with Gasteiger partial charge in [0.2, 0.25) is 8.32 Å². The van der Waals surface area contributed by atoms with Crippen molar-refractivity contribution in [2.24, 2.45) is 4.40 Å². The quantitative estimate of drug-likeness (QED) is 0.200. The van der Waals surface area contributed by atoms with Gasteiger partial charge >= 0.3 is 0 Å². The minimum atomic E-state index is -3.74. The van der Waals surface area contributed by atoms with E-state index in [4.69, 9.17) is 4.43 Å². The van der Waals surface area contributed by atoms with Crippen molar-refractivity contribution in [2.45, 2.75) is 89.1 Å². The molecule has 5 nitrogen and oxygen atoms in total. The third kappa shape index (κ3) is 5.77. The standard InChI is InChI=1S/C26H42N2O3S2Si/c1-12-26(13-2,23-17-20(4)24(32-23)33(29,30)27-18-28(8)9)21-14-15-22(19(3)16-21)31-34(10,11)25(5,6)7/h14-18H,12-13H2,1-11H3. The Morgan fingerprint density at radius 2 is 1.65 bits per heavy atom. The van der Waals surface area contributed by atoms with Crippen LogP contribution < -0.4 is 4.43 Å². The molecule has 0 aliphatic heterocycles. The maximum atomic E-state index is 12.9. The highest BCUT2D eigenvalue weighted by molar-refractivity contribution is 7.92. The molecule has 0 unspecified atom stereocenters. The summed E-state index contributed by atoms with van der Waals surface area (Å²) >= 11 is 1.35. The Kier molecular flexibility index (Phi) is 8.54. The summed E-state index contributed by atoms with van der Waals surface area (Å²) in [4.78, 5) is 2.69. The monoisotopic (exact) mass is 522 g/mol. The van der Waals surface area contributed by atoms with Crippen LogP contribution in [0.2, 0.25) is 18.1 Å². The van der Waals surface area contributed by atoms with Gasteiger partial charge in [-0.1, -0.05) is 46.8 Å². The van der Waals surface area contributed by atoms with Gasteiger partial charge in [0.25, 0.3) is 10.0 Å². The lowest BCUT2D eigenvalue weighted by Crippen LogP contribution is -2.44. The van der Waals surface area contributed by atoms with E-state index in [-0.39, 0.29) is 10.5 Å². The lowest BCUT2D eigenvalue weighted by atomic mass is 9.74. The fourth-order valence-corrected chi connectivity index (χ4v) is 7.84. The van der Waals surface area contributed by atoms with Crippen LogP contribution in [0.5, 0.6) is 5.75 Å². The summed E-state index contributed by atoms with van der Waals surface area (Å²) < 4.78 is 36.6. The molecule has 34 heavy (non-hydrogen) atoms. The molecule has 2 rings (SSSR count). The zero-order chi connectivity index (χ0) is 26.1. The first-order chi connectivity index (χ1) is 15.5. The summed E-state index contributed by atoms with van der Waals surface area (Å²) in [5.74, 6) is 0.945. The molecule has 0 spiro atoms. The lowest BCUT2D eigenvalue weighted by molar-refractivity contribution is 0.477. The third-order valence-electron chi connectivity index (χ3n) is 7.10. The molecule has 0 radical (unpaired) electrons. The molecule has 0 atom stereocenters. The number of thiophene rings is 1. The molecule has 190 valence electrons. The maximum absolute atomic E-state index is 12.9. The van der Waals surface area contributed by atoms with E-state index < -0.39 is 18.3 Å². The van der Waals surface area contributed by atoms with Gasteiger partial charge in [0.15, 0.2) is 0 Å². The van der Waals surface area contributed by atoms with E-state index in [9.17, 15) is 8.42 Å². The van der Waals surface area contributed by atoms with Crippen LogP contribution in [-0.4, -0.2) is 42.1 Å². The average molecular weight is 523 g/mol. The smallest absolute Gasteiger partial charge is 0.293 e. The van der Waals surface area contributed by atoms with Gasteiger partial charge in [-0.05, 0) is 73.6 Å². The van der Waals surface area contributed by atoms with Gasteiger partial charge in [0.05, 0.1) is 0 Å². The minimum absolute atomic E-state index is 0.125. The second-order valence-electron chi connectivity index (χ2n) is 10.9.